The summed E-state index contributed by atoms with van der Waals surface area (Å²) in [6.45, 7) is 9.13. The van der Waals surface area contributed by atoms with Gasteiger partial charge in [0.15, 0.2) is 16.7 Å². The molecular weight excluding hydrogens is 581 g/mol. The van der Waals surface area contributed by atoms with E-state index in [0.29, 0.717) is 29.5 Å². The van der Waals surface area contributed by atoms with Gasteiger partial charge in [0, 0.05) is 37.7 Å². The van der Waals surface area contributed by atoms with Crippen LogP contribution in [-0.4, -0.2) is 58.4 Å². The largest absolute Gasteiger partial charge is 0.481 e. The Kier molecular flexibility index (Phi) is 12.3. The summed E-state index contributed by atoms with van der Waals surface area (Å²) >= 11 is 1.05. The highest BCUT2D eigenvalue weighted by atomic mass is 32.1. The van der Waals surface area contributed by atoms with Crippen LogP contribution >= 0.6 is 11.3 Å². The third-order valence-corrected chi connectivity index (χ3v) is 6.22. The molecule has 1 aromatic heterocycles. The van der Waals surface area contributed by atoms with Crippen molar-refractivity contribution in [2.75, 3.05) is 23.3 Å². The smallest absolute Gasteiger partial charge is 0.355 e. The molecule has 0 bridgehead atoms. The summed E-state index contributed by atoms with van der Waals surface area (Å²) in [5.41, 5.74) is 5.67. The lowest BCUT2D eigenvalue weighted by Gasteiger charge is -2.20. The van der Waals surface area contributed by atoms with Gasteiger partial charge in [-0.2, -0.15) is 0 Å². The van der Waals surface area contributed by atoms with Crippen LogP contribution in [0.5, 0.6) is 5.75 Å². The van der Waals surface area contributed by atoms with Crippen LogP contribution in [0.25, 0.3) is 0 Å². The summed E-state index contributed by atoms with van der Waals surface area (Å²) in [5.74, 6) is -3.79. The Morgan fingerprint density at radius 3 is 2.37 bits per heavy atom. The first kappa shape index (κ1) is 34.4. The number of ether oxygens (including phenoxy) is 2. The molecule has 0 aliphatic carbocycles. The van der Waals surface area contributed by atoms with Crippen LogP contribution in [0.1, 0.15) is 66.6 Å². The maximum absolute atomic E-state index is 14.2. The first-order valence-corrected chi connectivity index (χ1v) is 13.8. The van der Waals surface area contributed by atoms with Crippen LogP contribution in [0.3, 0.4) is 0 Å². The van der Waals surface area contributed by atoms with Gasteiger partial charge < -0.3 is 30.5 Å². The number of rotatable bonds is 10. The van der Waals surface area contributed by atoms with E-state index < -0.39 is 29.3 Å². The first-order chi connectivity index (χ1) is 20.1. The zero-order chi connectivity index (χ0) is 32.3. The molecule has 12 nitrogen and oxygen atoms in total. The summed E-state index contributed by atoms with van der Waals surface area (Å²) < 4.78 is 24.7. The average molecular weight is 616 g/mol. The molecule has 3 aromatic rings. The summed E-state index contributed by atoms with van der Waals surface area (Å²) in [4.78, 5) is 52.6. The number of carboxylic acids is 1. The minimum atomic E-state index is -0.833. The van der Waals surface area contributed by atoms with Gasteiger partial charge in [0.2, 0.25) is 5.91 Å². The number of esters is 2. The summed E-state index contributed by atoms with van der Waals surface area (Å²) in [7, 11) is 0. The second-order valence-corrected chi connectivity index (χ2v) is 10.9. The number of benzene rings is 2. The number of nitrogens with one attached hydrogen (secondary N) is 2. The van der Waals surface area contributed by atoms with Crippen LogP contribution in [0.15, 0.2) is 48.7 Å². The highest BCUT2D eigenvalue weighted by Crippen LogP contribution is 2.26. The van der Waals surface area contributed by atoms with Crippen molar-refractivity contribution >= 4 is 51.8 Å². The maximum Gasteiger partial charge on any atom is 0.355 e. The number of hydrogen-bond donors (Lipinski definition) is 4. The number of carbonyl (C=O) groups is 4. The number of aromatic nitrogens is 1. The molecule has 1 heterocycles. The van der Waals surface area contributed by atoms with Crippen molar-refractivity contribution in [3.8, 4) is 5.75 Å². The Morgan fingerprint density at radius 2 is 1.79 bits per heavy atom. The molecule has 5 N–H and O–H groups in total. The molecule has 0 unspecified atom stereocenters. The third kappa shape index (κ3) is 11.5. The number of carbonyl (C=O) groups excluding carboxylic acids is 3. The number of nitrogens with two attached hydrogens (primary N) is 1. The van der Waals surface area contributed by atoms with Gasteiger partial charge in [0.25, 0.3) is 5.97 Å². The number of thiazole rings is 1. The van der Waals surface area contributed by atoms with Crippen molar-refractivity contribution in [1.82, 2.24) is 4.98 Å². The molecule has 0 fully saturated rings. The van der Waals surface area contributed by atoms with Gasteiger partial charge >= 0.3 is 11.9 Å². The van der Waals surface area contributed by atoms with E-state index in [1.54, 1.807) is 45.0 Å². The lowest BCUT2D eigenvalue weighted by molar-refractivity contribution is -0.134. The monoisotopic (exact) mass is 615 g/mol. The van der Waals surface area contributed by atoms with Crippen LogP contribution in [0.2, 0.25) is 0 Å². The van der Waals surface area contributed by atoms with E-state index in [-0.39, 0.29) is 34.4 Å². The highest BCUT2D eigenvalue weighted by molar-refractivity contribution is 7.17. The Morgan fingerprint density at radius 1 is 1.12 bits per heavy atom. The number of carboxylic acid groups (broad SMARTS) is 1. The van der Waals surface area contributed by atoms with Gasteiger partial charge in [-0.1, -0.05) is 17.4 Å². The van der Waals surface area contributed by atoms with Crippen molar-refractivity contribution in [3.05, 3.63) is 70.5 Å². The average Bonchev–Trinajstić information content (AvgIpc) is 3.39. The number of aliphatic carboxylic acids is 1. The van der Waals surface area contributed by atoms with Gasteiger partial charge in [-0.15, -0.1) is 0 Å². The van der Waals surface area contributed by atoms with Crippen LogP contribution < -0.4 is 20.7 Å². The molecule has 0 radical (unpaired) electrons. The Balaban J connectivity index is 0.00000151. The number of hydrogen-bond acceptors (Lipinski definition) is 10. The topological polar surface area (TPSA) is 185 Å². The third-order valence-electron chi connectivity index (χ3n) is 5.18. The lowest BCUT2D eigenvalue weighted by atomic mass is 10.1. The van der Waals surface area contributed by atoms with Gasteiger partial charge in [0.1, 0.15) is 16.3 Å². The Labute approximate surface area is 252 Å². The van der Waals surface area contributed by atoms with Gasteiger partial charge in [-0.3, -0.25) is 15.0 Å². The molecule has 0 atom stereocenters. The van der Waals surface area contributed by atoms with E-state index >= 15 is 0 Å². The van der Waals surface area contributed by atoms with E-state index in [2.05, 4.69) is 10.3 Å². The first-order valence-electron chi connectivity index (χ1n) is 13.0. The molecule has 0 aliphatic heterocycles. The molecular formula is C29H34FN5O7S. The molecule has 2 aromatic carbocycles. The molecule has 3 rings (SSSR count). The Hall–Kier alpha value is -4.85. The fraction of sp³-hybridized carbons (Fsp3) is 0.310. The number of amidine groups is 1. The zero-order valence-electron chi connectivity index (χ0n) is 24.4. The number of nitrogens with zero attached hydrogens (tertiary/aromatic N) is 2. The predicted octanol–water partition coefficient (Wildman–Crippen LogP) is 4.69. The molecule has 0 saturated carbocycles. The Bertz CT molecular complexity index is 1480. The molecule has 0 spiro atoms. The highest BCUT2D eigenvalue weighted by Gasteiger charge is 2.20. The van der Waals surface area contributed by atoms with E-state index in [9.17, 15) is 18.8 Å². The molecule has 1 amide bonds. The molecule has 230 valence electrons. The van der Waals surface area contributed by atoms with Crippen LogP contribution in [0, 0.1) is 11.2 Å². The van der Waals surface area contributed by atoms with Crippen molar-refractivity contribution in [2.45, 2.75) is 46.6 Å². The lowest BCUT2D eigenvalue weighted by Crippen LogP contribution is -2.27. The van der Waals surface area contributed by atoms with Gasteiger partial charge in [0.05, 0.1) is 11.8 Å². The second-order valence-electron chi connectivity index (χ2n) is 9.94. The molecule has 14 heteroatoms. The zero-order valence-corrected chi connectivity index (χ0v) is 25.2. The second kappa shape index (κ2) is 15.4. The van der Waals surface area contributed by atoms with Crippen molar-refractivity contribution in [3.63, 3.8) is 0 Å². The number of amides is 1. The number of halogens is 1. The molecule has 0 aliphatic rings. The summed E-state index contributed by atoms with van der Waals surface area (Å²) in [6.07, 6.45) is 1.45. The van der Waals surface area contributed by atoms with Crippen molar-refractivity contribution in [1.29, 1.82) is 5.41 Å². The van der Waals surface area contributed by atoms with Gasteiger partial charge in [-0.25, -0.2) is 19.0 Å². The number of anilines is 2. The molecule has 43 heavy (non-hydrogen) atoms. The van der Waals surface area contributed by atoms with E-state index in [1.807, 2.05) is 11.8 Å². The van der Waals surface area contributed by atoms with Crippen LogP contribution in [0.4, 0.5) is 15.2 Å². The normalized spacial score (nSPS) is 10.6. The van der Waals surface area contributed by atoms with E-state index in [1.165, 1.54) is 18.3 Å². The minimum Gasteiger partial charge on any atom is -0.481 e. The van der Waals surface area contributed by atoms with Crippen molar-refractivity contribution in [2.24, 2.45) is 5.73 Å². The fourth-order valence-electron chi connectivity index (χ4n) is 3.32. The van der Waals surface area contributed by atoms with Gasteiger partial charge in [-0.05, 0) is 64.1 Å². The summed E-state index contributed by atoms with van der Waals surface area (Å²) in [5, 5.41) is 18.0. The van der Waals surface area contributed by atoms with E-state index in [0.717, 1.165) is 24.3 Å². The molecule has 0 saturated heterocycles. The van der Waals surface area contributed by atoms with E-state index in [4.69, 9.17) is 30.5 Å². The standard InChI is InChI=1S/C27H30FN5O5S.C2H4O2/c1-5-33(12-11-22(34)32-18-8-6-7-17(13-18)24(35)38-27(2,3)4)26-31-15-21(39-26)25(36)37-20-10-9-16(23(29)30)14-19(20)28;1-2(3)4/h6-10,13-15H,5,11-12H2,1-4H3,(H3,29,30)(H,32,34);1H3,(H,3,4). The predicted molar refractivity (Wildman–Crippen MR) is 161 cm³/mol. The minimum absolute atomic E-state index is 0.123. The van der Waals surface area contributed by atoms with Crippen molar-refractivity contribution < 1.29 is 38.1 Å². The number of nitrogen functional groups attached to an aromatic ring is 1. The summed E-state index contributed by atoms with van der Waals surface area (Å²) in [6, 6.07) is 10.1. The SMILES string of the molecule is CC(=O)O.CCN(CCC(=O)Nc1cccc(C(=O)OC(C)(C)C)c1)c1ncc(C(=O)Oc2ccc(C(=N)N)cc2F)s1. The maximum atomic E-state index is 14.2. The quantitative estimate of drug-likeness (QED) is 0.108. The fourth-order valence-corrected chi connectivity index (χ4v) is 4.20. The van der Waals surface area contributed by atoms with Crippen LogP contribution in [-0.2, 0) is 14.3 Å².